The number of unbranched alkanes of at least 4 members (excludes halogenated alkanes) is 2. The summed E-state index contributed by atoms with van der Waals surface area (Å²) in [7, 11) is 1.57. The monoisotopic (exact) mass is 238 g/mol. The number of hydrogen-bond donors (Lipinski definition) is 0. The maximum Gasteiger partial charge on any atom is 0.320 e. The van der Waals surface area contributed by atoms with Crippen LogP contribution in [0.15, 0.2) is 6.33 Å². The highest BCUT2D eigenvalue weighted by Crippen LogP contribution is 2.11. The molecule has 0 unspecified atom stereocenters. The zero-order valence-corrected chi connectivity index (χ0v) is 11.0. The van der Waals surface area contributed by atoms with Gasteiger partial charge < -0.3 is 9.64 Å². The number of ether oxygens (including phenoxy) is 1. The summed E-state index contributed by atoms with van der Waals surface area (Å²) < 4.78 is 5.03. The molecule has 0 amide bonds. The number of nitrogens with zero attached hydrogens (tertiary/aromatic N) is 4. The van der Waals surface area contributed by atoms with Crippen LogP contribution in [0.4, 0.5) is 5.95 Å². The Bertz CT molecular complexity index is 311. The van der Waals surface area contributed by atoms with Gasteiger partial charge in [0.25, 0.3) is 0 Å². The average Bonchev–Trinajstić information content (AvgIpc) is 2.39. The summed E-state index contributed by atoms with van der Waals surface area (Å²) in [5.41, 5.74) is 0. The van der Waals surface area contributed by atoms with Crippen molar-refractivity contribution in [2.45, 2.75) is 39.5 Å². The molecule has 0 N–H and O–H groups in total. The van der Waals surface area contributed by atoms with Gasteiger partial charge in [-0.05, 0) is 12.8 Å². The average molecular weight is 238 g/mol. The molecular formula is C12H22N4O. The Kier molecular flexibility index (Phi) is 6.29. The second-order valence-corrected chi connectivity index (χ2v) is 3.97. The molecule has 0 aliphatic rings. The molecule has 0 aliphatic carbocycles. The molecule has 1 rings (SSSR count). The van der Waals surface area contributed by atoms with E-state index in [9.17, 15) is 0 Å². The molecular weight excluding hydrogens is 216 g/mol. The van der Waals surface area contributed by atoms with Crippen LogP contribution in [0.1, 0.15) is 39.5 Å². The maximum atomic E-state index is 5.03. The lowest BCUT2D eigenvalue weighted by Gasteiger charge is -2.21. The van der Waals surface area contributed by atoms with E-state index in [1.165, 1.54) is 19.2 Å². The van der Waals surface area contributed by atoms with Gasteiger partial charge in [-0.1, -0.05) is 26.7 Å². The quantitative estimate of drug-likeness (QED) is 0.695. The molecule has 0 saturated heterocycles. The van der Waals surface area contributed by atoms with Crippen molar-refractivity contribution < 1.29 is 4.74 Å². The summed E-state index contributed by atoms with van der Waals surface area (Å²) in [6, 6.07) is 0.382. The second kappa shape index (κ2) is 7.81. The minimum absolute atomic E-state index is 0.382. The van der Waals surface area contributed by atoms with Gasteiger partial charge in [0.2, 0.25) is 5.95 Å². The lowest BCUT2D eigenvalue weighted by molar-refractivity contribution is 0.377. The van der Waals surface area contributed by atoms with Gasteiger partial charge in [-0.3, -0.25) is 0 Å². The Morgan fingerprint density at radius 1 is 1.12 bits per heavy atom. The van der Waals surface area contributed by atoms with Crippen molar-refractivity contribution in [3.63, 3.8) is 0 Å². The number of methoxy groups -OCH3 is 1. The normalized spacial score (nSPS) is 10.3. The Labute approximate surface area is 103 Å². The van der Waals surface area contributed by atoms with Crippen molar-refractivity contribution in [2.24, 2.45) is 0 Å². The highest BCUT2D eigenvalue weighted by molar-refractivity contribution is 5.29. The molecule has 0 radical (unpaired) electrons. The van der Waals surface area contributed by atoms with Crippen LogP contribution < -0.4 is 9.64 Å². The largest absolute Gasteiger partial charge is 0.467 e. The fourth-order valence-corrected chi connectivity index (χ4v) is 1.53. The summed E-state index contributed by atoms with van der Waals surface area (Å²) in [6.45, 7) is 6.35. The topological polar surface area (TPSA) is 51.1 Å². The van der Waals surface area contributed by atoms with Crippen LogP contribution in [0.2, 0.25) is 0 Å². The van der Waals surface area contributed by atoms with Crippen molar-refractivity contribution in [1.29, 1.82) is 0 Å². The highest BCUT2D eigenvalue weighted by atomic mass is 16.5. The molecule has 0 aliphatic heterocycles. The van der Waals surface area contributed by atoms with Crippen LogP contribution in [0.25, 0.3) is 0 Å². The van der Waals surface area contributed by atoms with Crippen LogP contribution in [0.3, 0.4) is 0 Å². The summed E-state index contributed by atoms with van der Waals surface area (Å²) >= 11 is 0. The minimum atomic E-state index is 0.382. The first kappa shape index (κ1) is 13.7. The van der Waals surface area contributed by atoms with Gasteiger partial charge in [-0.25, -0.2) is 4.98 Å². The number of anilines is 1. The molecule has 96 valence electrons. The van der Waals surface area contributed by atoms with E-state index in [1.807, 2.05) is 0 Å². The first-order valence-electron chi connectivity index (χ1n) is 6.29. The molecule has 5 nitrogen and oxygen atoms in total. The fraction of sp³-hybridized carbons (Fsp3) is 0.750. The van der Waals surface area contributed by atoms with E-state index in [2.05, 4.69) is 33.7 Å². The van der Waals surface area contributed by atoms with Crippen LogP contribution in [0.5, 0.6) is 6.01 Å². The number of hydrogen-bond acceptors (Lipinski definition) is 5. The Hall–Kier alpha value is -1.39. The maximum absolute atomic E-state index is 5.03. The smallest absolute Gasteiger partial charge is 0.320 e. The molecule has 0 atom stereocenters. The molecule has 1 aromatic heterocycles. The van der Waals surface area contributed by atoms with Crippen molar-refractivity contribution in [2.75, 3.05) is 25.1 Å². The Balaban J connectivity index is 2.71. The van der Waals surface area contributed by atoms with Crippen LogP contribution >= 0.6 is 0 Å². The van der Waals surface area contributed by atoms with E-state index in [4.69, 9.17) is 4.74 Å². The number of rotatable bonds is 8. The Morgan fingerprint density at radius 2 is 1.76 bits per heavy atom. The van der Waals surface area contributed by atoms with E-state index in [1.54, 1.807) is 7.11 Å². The molecule has 0 saturated carbocycles. The van der Waals surface area contributed by atoms with Crippen molar-refractivity contribution in [3.05, 3.63) is 6.33 Å². The standard InChI is InChI=1S/C12H22N4O/c1-4-6-8-16(9-7-5-2)11-13-10-14-12(15-11)17-3/h10H,4-9H2,1-3H3. The second-order valence-electron chi connectivity index (χ2n) is 3.97. The summed E-state index contributed by atoms with van der Waals surface area (Å²) in [4.78, 5) is 14.6. The summed E-state index contributed by atoms with van der Waals surface area (Å²) in [5, 5.41) is 0. The van der Waals surface area contributed by atoms with Crippen molar-refractivity contribution in [1.82, 2.24) is 15.0 Å². The summed E-state index contributed by atoms with van der Waals surface area (Å²) in [6.07, 6.45) is 6.15. The zero-order chi connectivity index (χ0) is 12.5. The van der Waals surface area contributed by atoms with Crippen molar-refractivity contribution >= 4 is 5.95 Å². The predicted octanol–water partition coefficient (Wildman–Crippen LogP) is 2.29. The molecule has 1 heterocycles. The molecule has 0 bridgehead atoms. The predicted molar refractivity (Wildman–Crippen MR) is 68.4 cm³/mol. The molecule has 1 aromatic rings. The third kappa shape index (κ3) is 4.54. The van der Waals surface area contributed by atoms with Gasteiger partial charge >= 0.3 is 6.01 Å². The van der Waals surface area contributed by atoms with Crippen LogP contribution in [-0.4, -0.2) is 35.2 Å². The van der Waals surface area contributed by atoms with Gasteiger partial charge in [-0.2, -0.15) is 9.97 Å². The fourth-order valence-electron chi connectivity index (χ4n) is 1.53. The Morgan fingerprint density at radius 3 is 2.29 bits per heavy atom. The van der Waals surface area contributed by atoms with E-state index >= 15 is 0 Å². The van der Waals surface area contributed by atoms with Gasteiger partial charge in [-0.15, -0.1) is 0 Å². The van der Waals surface area contributed by atoms with Crippen LogP contribution in [-0.2, 0) is 0 Å². The molecule has 17 heavy (non-hydrogen) atoms. The molecule has 0 aromatic carbocycles. The first-order chi connectivity index (χ1) is 8.31. The van der Waals surface area contributed by atoms with Crippen LogP contribution in [0, 0.1) is 0 Å². The zero-order valence-electron chi connectivity index (χ0n) is 11.0. The first-order valence-corrected chi connectivity index (χ1v) is 6.29. The molecule has 0 spiro atoms. The van der Waals surface area contributed by atoms with Gasteiger partial charge in [0, 0.05) is 13.1 Å². The third-order valence-electron chi connectivity index (χ3n) is 2.57. The van der Waals surface area contributed by atoms with E-state index in [0.29, 0.717) is 6.01 Å². The minimum Gasteiger partial charge on any atom is -0.467 e. The number of aromatic nitrogens is 3. The lowest BCUT2D eigenvalue weighted by Crippen LogP contribution is -2.27. The summed E-state index contributed by atoms with van der Waals surface area (Å²) in [5.74, 6) is 0.721. The lowest BCUT2D eigenvalue weighted by atomic mass is 10.3. The highest BCUT2D eigenvalue weighted by Gasteiger charge is 2.09. The van der Waals surface area contributed by atoms with Gasteiger partial charge in [0.1, 0.15) is 6.33 Å². The van der Waals surface area contributed by atoms with E-state index < -0.39 is 0 Å². The van der Waals surface area contributed by atoms with Gasteiger partial charge in [0.15, 0.2) is 0 Å². The van der Waals surface area contributed by atoms with E-state index in [0.717, 1.165) is 31.9 Å². The molecule has 0 fully saturated rings. The van der Waals surface area contributed by atoms with E-state index in [-0.39, 0.29) is 0 Å². The SMILES string of the molecule is CCCCN(CCCC)c1ncnc(OC)n1. The third-order valence-corrected chi connectivity index (χ3v) is 2.57. The van der Waals surface area contributed by atoms with Crippen molar-refractivity contribution in [3.8, 4) is 6.01 Å². The van der Waals surface area contributed by atoms with Gasteiger partial charge in [0.05, 0.1) is 7.11 Å². The molecule has 5 heteroatoms.